The molecule has 4 nitrogen and oxygen atoms in total. The van der Waals surface area contributed by atoms with Crippen molar-refractivity contribution >= 4 is 39.0 Å². The van der Waals surface area contributed by atoms with Gasteiger partial charge in [0.2, 0.25) is 0 Å². The van der Waals surface area contributed by atoms with Gasteiger partial charge in [-0.2, -0.15) is 0 Å². The van der Waals surface area contributed by atoms with Crippen molar-refractivity contribution < 1.29 is 4.74 Å². The molecule has 0 N–H and O–H groups in total. The summed E-state index contributed by atoms with van der Waals surface area (Å²) in [6.45, 7) is 3.62. The lowest BCUT2D eigenvalue weighted by molar-refractivity contribution is 0.0363. The largest absolute Gasteiger partial charge is 0.373 e. The molecule has 0 radical (unpaired) electrons. The molecule has 1 aliphatic heterocycles. The Kier molecular flexibility index (Phi) is 3.37. The van der Waals surface area contributed by atoms with E-state index in [2.05, 4.69) is 21.8 Å². The predicted octanol–water partition coefficient (Wildman–Crippen LogP) is 2.52. The van der Waals surface area contributed by atoms with Gasteiger partial charge in [-0.05, 0) is 18.4 Å². The van der Waals surface area contributed by atoms with Gasteiger partial charge in [-0.1, -0.05) is 0 Å². The lowest BCUT2D eigenvalue weighted by Gasteiger charge is -2.38. The third-order valence-corrected chi connectivity index (χ3v) is 4.42. The van der Waals surface area contributed by atoms with Crippen molar-refractivity contribution in [1.29, 1.82) is 0 Å². The second-order valence-corrected chi connectivity index (χ2v) is 5.67. The molecule has 1 fully saturated rings. The van der Waals surface area contributed by atoms with Crippen molar-refractivity contribution in [2.45, 2.75) is 19.1 Å². The van der Waals surface area contributed by atoms with Crippen molar-refractivity contribution in [2.75, 3.05) is 23.9 Å². The molecule has 0 saturated carbocycles. The van der Waals surface area contributed by atoms with Gasteiger partial charge < -0.3 is 9.64 Å². The van der Waals surface area contributed by atoms with Crippen LogP contribution in [0.15, 0.2) is 17.8 Å². The molecule has 0 aromatic carbocycles. The zero-order valence-corrected chi connectivity index (χ0v) is 11.6. The molecule has 6 heteroatoms. The second kappa shape index (κ2) is 4.99. The van der Waals surface area contributed by atoms with E-state index in [0.29, 0.717) is 18.5 Å². The van der Waals surface area contributed by atoms with E-state index in [1.54, 1.807) is 17.7 Å². The Hall–Kier alpha value is -0.910. The van der Waals surface area contributed by atoms with Gasteiger partial charge in [0.15, 0.2) is 0 Å². The number of rotatable bonds is 2. The van der Waals surface area contributed by atoms with Crippen LogP contribution in [0.5, 0.6) is 0 Å². The number of hydrogen-bond acceptors (Lipinski definition) is 5. The number of aromatic nitrogens is 2. The second-order valence-electron chi connectivity index (χ2n) is 4.44. The summed E-state index contributed by atoms with van der Waals surface area (Å²) in [4.78, 5) is 11.0. The van der Waals surface area contributed by atoms with Gasteiger partial charge in [-0.15, -0.1) is 22.9 Å². The lowest BCUT2D eigenvalue weighted by Crippen LogP contribution is -2.49. The predicted molar refractivity (Wildman–Crippen MR) is 74.7 cm³/mol. The van der Waals surface area contributed by atoms with E-state index < -0.39 is 0 Å². The molecule has 0 amide bonds. The smallest absolute Gasteiger partial charge is 0.150 e. The first-order chi connectivity index (χ1) is 8.79. The number of ether oxygens (including phenoxy) is 1. The monoisotopic (exact) mass is 283 g/mol. The van der Waals surface area contributed by atoms with Crippen LogP contribution < -0.4 is 4.90 Å². The Bertz CT molecular complexity index is 547. The zero-order valence-electron chi connectivity index (χ0n) is 10.0. The Labute approximate surface area is 115 Å². The van der Waals surface area contributed by atoms with Crippen LogP contribution in [-0.4, -0.2) is 41.1 Å². The standard InChI is InChI=1S/C12H14ClN3OS/c1-8-6-17-9(4-13)5-16(8)12-11-10(2-3-18-11)14-7-15-12/h2-3,7-9H,4-6H2,1H3. The average molecular weight is 284 g/mol. The Morgan fingerprint density at radius 1 is 1.56 bits per heavy atom. The topological polar surface area (TPSA) is 38.2 Å². The Balaban J connectivity index is 1.99. The Morgan fingerprint density at radius 2 is 2.44 bits per heavy atom. The number of thiophene rings is 1. The minimum Gasteiger partial charge on any atom is -0.373 e. The molecule has 3 heterocycles. The number of fused-ring (bicyclic) bond motifs is 1. The molecule has 0 spiro atoms. The molecule has 2 atom stereocenters. The molecule has 2 unspecified atom stereocenters. The van der Waals surface area contributed by atoms with Crippen LogP contribution in [0.25, 0.3) is 10.2 Å². The maximum absolute atomic E-state index is 5.90. The number of hydrogen-bond donors (Lipinski definition) is 0. The van der Waals surface area contributed by atoms with Crippen molar-refractivity contribution in [3.8, 4) is 0 Å². The van der Waals surface area contributed by atoms with E-state index in [-0.39, 0.29) is 6.10 Å². The van der Waals surface area contributed by atoms with E-state index in [4.69, 9.17) is 16.3 Å². The van der Waals surface area contributed by atoms with Crippen LogP contribution in [0.1, 0.15) is 6.92 Å². The van der Waals surface area contributed by atoms with Crippen LogP contribution >= 0.6 is 22.9 Å². The van der Waals surface area contributed by atoms with E-state index in [0.717, 1.165) is 22.6 Å². The molecule has 96 valence electrons. The fourth-order valence-corrected chi connectivity index (χ4v) is 3.22. The van der Waals surface area contributed by atoms with Crippen LogP contribution in [0, 0.1) is 0 Å². The summed E-state index contributed by atoms with van der Waals surface area (Å²) in [6.07, 6.45) is 1.70. The highest BCUT2D eigenvalue weighted by molar-refractivity contribution is 7.17. The molecule has 2 aromatic heterocycles. The summed E-state index contributed by atoms with van der Waals surface area (Å²) in [5.74, 6) is 1.52. The highest BCUT2D eigenvalue weighted by atomic mass is 35.5. The highest BCUT2D eigenvalue weighted by Gasteiger charge is 2.28. The van der Waals surface area contributed by atoms with Gasteiger partial charge in [0.25, 0.3) is 0 Å². The molecule has 3 rings (SSSR count). The number of halogens is 1. The van der Waals surface area contributed by atoms with Gasteiger partial charge in [-0.25, -0.2) is 9.97 Å². The lowest BCUT2D eigenvalue weighted by atomic mass is 10.2. The number of morpholine rings is 1. The fraction of sp³-hybridized carbons (Fsp3) is 0.500. The minimum atomic E-state index is 0.0767. The van der Waals surface area contributed by atoms with E-state index in [1.165, 1.54) is 0 Å². The first-order valence-corrected chi connectivity index (χ1v) is 7.33. The summed E-state index contributed by atoms with van der Waals surface area (Å²) in [5, 5.41) is 2.05. The summed E-state index contributed by atoms with van der Waals surface area (Å²) < 4.78 is 6.81. The van der Waals surface area contributed by atoms with E-state index >= 15 is 0 Å². The molecule has 1 saturated heterocycles. The van der Waals surface area contributed by atoms with Crippen LogP contribution in [0.3, 0.4) is 0 Å². The minimum absolute atomic E-state index is 0.0767. The molecule has 2 aromatic rings. The number of alkyl halides is 1. The van der Waals surface area contributed by atoms with Crippen molar-refractivity contribution in [3.63, 3.8) is 0 Å². The first kappa shape index (κ1) is 12.1. The third kappa shape index (κ3) is 2.06. The molecular weight excluding hydrogens is 270 g/mol. The van der Waals surface area contributed by atoms with Crippen LogP contribution in [0.2, 0.25) is 0 Å². The van der Waals surface area contributed by atoms with Gasteiger partial charge >= 0.3 is 0 Å². The van der Waals surface area contributed by atoms with Gasteiger partial charge in [0.05, 0.1) is 34.8 Å². The summed E-state index contributed by atoms with van der Waals surface area (Å²) in [7, 11) is 0. The highest BCUT2D eigenvalue weighted by Crippen LogP contribution is 2.30. The fourth-order valence-electron chi connectivity index (χ4n) is 2.19. The Morgan fingerprint density at radius 3 is 3.28 bits per heavy atom. The number of anilines is 1. The zero-order chi connectivity index (χ0) is 12.5. The van der Waals surface area contributed by atoms with Crippen LogP contribution in [0.4, 0.5) is 5.82 Å². The van der Waals surface area contributed by atoms with Gasteiger partial charge in [0, 0.05) is 6.54 Å². The molecular formula is C12H14ClN3OS. The van der Waals surface area contributed by atoms with Gasteiger partial charge in [0.1, 0.15) is 12.1 Å². The van der Waals surface area contributed by atoms with E-state index in [9.17, 15) is 0 Å². The molecule has 1 aliphatic rings. The molecule has 0 aliphatic carbocycles. The van der Waals surface area contributed by atoms with Crippen LogP contribution in [-0.2, 0) is 4.74 Å². The third-order valence-electron chi connectivity index (χ3n) is 3.17. The average Bonchev–Trinajstić information content (AvgIpc) is 2.87. The quantitative estimate of drug-likeness (QED) is 0.794. The maximum Gasteiger partial charge on any atom is 0.150 e. The molecule has 0 bridgehead atoms. The summed E-state index contributed by atoms with van der Waals surface area (Å²) >= 11 is 7.57. The normalized spacial score (nSPS) is 24.7. The van der Waals surface area contributed by atoms with Crippen molar-refractivity contribution in [1.82, 2.24) is 9.97 Å². The number of nitrogens with zero attached hydrogens (tertiary/aromatic N) is 3. The SMILES string of the molecule is CC1COC(CCl)CN1c1ncnc2ccsc12. The summed E-state index contributed by atoms with van der Waals surface area (Å²) in [5.41, 5.74) is 1.01. The van der Waals surface area contributed by atoms with E-state index in [1.807, 2.05) is 11.4 Å². The summed E-state index contributed by atoms with van der Waals surface area (Å²) in [6, 6.07) is 2.33. The van der Waals surface area contributed by atoms with Crippen molar-refractivity contribution in [2.24, 2.45) is 0 Å². The van der Waals surface area contributed by atoms with Crippen molar-refractivity contribution in [3.05, 3.63) is 17.8 Å². The maximum atomic E-state index is 5.90. The van der Waals surface area contributed by atoms with Gasteiger partial charge in [-0.3, -0.25) is 0 Å². The molecule has 18 heavy (non-hydrogen) atoms. The first-order valence-electron chi connectivity index (χ1n) is 5.92.